The summed E-state index contributed by atoms with van der Waals surface area (Å²) in [6.45, 7) is -0.893. The Bertz CT molecular complexity index is 1940. The maximum atomic E-state index is 13.3. The first-order valence-corrected chi connectivity index (χ1v) is 13.8. The zero-order valence-corrected chi connectivity index (χ0v) is 24.2. The number of nitrogens with two attached hydrogens (primary N) is 2. The fourth-order valence-electron chi connectivity index (χ4n) is 5.13. The highest BCUT2D eigenvalue weighted by Crippen LogP contribution is 2.43. The summed E-state index contributed by atoms with van der Waals surface area (Å²) in [6, 6.07) is 14.4. The first-order valence-electron chi connectivity index (χ1n) is 13.8. The van der Waals surface area contributed by atoms with Crippen LogP contribution >= 0.6 is 0 Å². The third kappa shape index (κ3) is 6.25. The molecule has 0 radical (unpaired) electrons. The van der Waals surface area contributed by atoms with Crippen molar-refractivity contribution in [2.75, 3.05) is 6.54 Å². The largest absolute Gasteiger partial charge is 0.508 e. The maximum absolute atomic E-state index is 13.3. The van der Waals surface area contributed by atoms with Gasteiger partial charge in [-0.1, -0.05) is 30.3 Å². The van der Waals surface area contributed by atoms with Gasteiger partial charge in [-0.2, -0.15) is 0 Å². The number of rotatable bonds is 9. The average Bonchev–Trinajstić information content (AvgIpc) is 3.02. The zero-order valence-electron chi connectivity index (χ0n) is 24.2. The van der Waals surface area contributed by atoms with Gasteiger partial charge in [-0.25, -0.2) is 4.79 Å². The quantitative estimate of drug-likeness (QED) is 0.0495. The van der Waals surface area contributed by atoms with Crippen molar-refractivity contribution in [3.63, 3.8) is 0 Å². The second-order valence-corrected chi connectivity index (χ2v) is 10.7. The van der Waals surface area contributed by atoms with Gasteiger partial charge in [-0.05, 0) is 23.8 Å². The van der Waals surface area contributed by atoms with Crippen LogP contribution in [0.2, 0.25) is 0 Å². The lowest BCUT2D eigenvalue weighted by Crippen LogP contribution is -2.70. The summed E-state index contributed by atoms with van der Waals surface area (Å²) < 4.78 is 16.5. The molecule has 1 saturated heterocycles. The number of benzene rings is 3. The average molecular weight is 652 g/mol. The first-order chi connectivity index (χ1) is 22.2. The second kappa shape index (κ2) is 12.6. The Morgan fingerprint density at radius 1 is 0.957 bits per heavy atom. The summed E-state index contributed by atoms with van der Waals surface area (Å²) in [6.07, 6.45) is -8.88. The molecule has 5 unspecified atom stereocenters. The van der Waals surface area contributed by atoms with Crippen LogP contribution in [0.5, 0.6) is 23.0 Å². The topological polar surface area (TPSA) is 289 Å². The molecule has 11 N–H and O–H groups in total. The van der Waals surface area contributed by atoms with Gasteiger partial charge in [0.15, 0.2) is 34.8 Å². The molecular weight excluding hydrogens is 622 g/mol. The molecule has 0 aliphatic carbocycles. The van der Waals surface area contributed by atoms with Gasteiger partial charge in [0, 0.05) is 29.7 Å². The Morgan fingerprint density at radius 3 is 2.32 bits per heavy atom. The summed E-state index contributed by atoms with van der Waals surface area (Å²) in [4.78, 5) is 41.8. The number of ether oxygens (including phenoxy) is 2. The normalized spacial score (nSPS) is 22.4. The van der Waals surface area contributed by atoms with Crippen LogP contribution in [-0.4, -0.2) is 90.2 Å². The fourth-order valence-corrected chi connectivity index (χ4v) is 5.13. The van der Waals surface area contributed by atoms with E-state index in [9.17, 15) is 50.1 Å². The van der Waals surface area contributed by atoms with Gasteiger partial charge in [0.2, 0.25) is 12.0 Å². The molecule has 1 fully saturated rings. The number of aliphatic carboxylic acids is 1. The number of aliphatic hydroxyl groups is 3. The number of aromatic hydroxyl groups is 3. The number of fused-ring (bicyclic) bond motifs is 1. The Labute approximate surface area is 264 Å². The molecule has 2 heterocycles. The molecule has 5 rings (SSSR count). The fraction of sp³-hybridized carbons (Fsp3) is 0.226. The number of carbonyl (C=O) groups excluding carboxylic acids is 1. The Balaban J connectivity index is 1.57. The molecular formula is C31H29N3O13. The van der Waals surface area contributed by atoms with Gasteiger partial charge in [-0.15, -0.1) is 0 Å². The van der Waals surface area contributed by atoms with Crippen molar-refractivity contribution in [3.8, 4) is 34.3 Å². The van der Waals surface area contributed by atoms with Crippen molar-refractivity contribution < 1.29 is 59.2 Å². The number of ketones is 1. The molecule has 1 aliphatic heterocycles. The van der Waals surface area contributed by atoms with Gasteiger partial charge in [-0.3, -0.25) is 14.6 Å². The van der Waals surface area contributed by atoms with Gasteiger partial charge < -0.3 is 61.1 Å². The molecule has 4 aromatic rings. The van der Waals surface area contributed by atoms with Crippen molar-refractivity contribution in [1.29, 1.82) is 0 Å². The van der Waals surface area contributed by atoms with E-state index in [1.165, 1.54) is 18.2 Å². The van der Waals surface area contributed by atoms with Crippen LogP contribution in [0.1, 0.15) is 15.9 Å². The third-order valence-corrected chi connectivity index (χ3v) is 7.56. The van der Waals surface area contributed by atoms with Gasteiger partial charge in [0.25, 0.3) is 0 Å². The predicted octanol–water partition coefficient (Wildman–Crippen LogP) is -0.0832. The monoisotopic (exact) mass is 651 g/mol. The predicted molar refractivity (Wildman–Crippen MR) is 162 cm³/mol. The minimum Gasteiger partial charge on any atom is -0.508 e. The van der Waals surface area contributed by atoms with E-state index in [1.54, 1.807) is 30.3 Å². The van der Waals surface area contributed by atoms with Gasteiger partial charge in [0.1, 0.15) is 40.3 Å². The van der Waals surface area contributed by atoms with Gasteiger partial charge >= 0.3 is 5.97 Å². The number of aliphatic imine (C=N–C) groups is 1. The molecule has 0 amide bonds. The van der Waals surface area contributed by atoms with E-state index in [0.29, 0.717) is 5.56 Å². The number of guanidine groups is 1. The van der Waals surface area contributed by atoms with Gasteiger partial charge in [0.05, 0.1) is 6.54 Å². The number of Topliss-reactive ketones (excluding diaryl/α,β-unsaturated/α-hetero) is 1. The molecule has 1 aromatic heterocycles. The molecule has 5 atom stereocenters. The van der Waals surface area contributed by atoms with E-state index in [2.05, 4.69) is 4.99 Å². The number of aliphatic hydroxyl groups excluding tert-OH is 2. The number of hydrogen-bond donors (Lipinski definition) is 9. The van der Waals surface area contributed by atoms with E-state index in [1.807, 2.05) is 0 Å². The Morgan fingerprint density at radius 2 is 1.66 bits per heavy atom. The summed E-state index contributed by atoms with van der Waals surface area (Å²) in [5.41, 5.74) is 7.36. The SMILES string of the molecule is NC(N)=NCC1(O)C(O)C(Oc2cc3oc(-c4ccc(O)cc4C(=O)Cc4ccccc4)cc(=O)c3c(O)c2O)OC(C(=O)O)C1O. The summed E-state index contributed by atoms with van der Waals surface area (Å²) in [5.74, 6) is -5.96. The molecule has 1 aliphatic rings. The van der Waals surface area contributed by atoms with Crippen LogP contribution in [0.4, 0.5) is 0 Å². The first kappa shape index (κ1) is 32.7. The van der Waals surface area contributed by atoms with Crippen LogP contribution in [0.15, 0.2) is 74.9 Å². The number of hydrogen-bond acceptors (Lipinski definition) is 13. The highest BCUT2D eigenvalue weighted by atomic mass is 16.7. The maximum Gasteiger partial charge on any atom is 0.335 e. The van der Waals surface area contributed by atoms with E-state index in [0.717, 1.165) is 12.1 Å². The van der Waals surface area contributed by atoms with Crippen LogP contribution in [0, 0.1) is 0 Å². The Hall–Kier alpha value is -5.68. The molecule has 246 valence electrons. The lowest BCUT2D eigenvalue weighted by Gasteiger charge is -2.45. The molecule has 0 spiro atoms. The van der Waals surface area contributed by atoms with E-state index >= 15 is 0 Å². The van der Waals surface area contributed by atoms with Crippen molar-refractivity contribution in [2.24, 2.45) is 16.5 Å². The number of phenols is 3. The minimum absolute atomic E-state index is 0.00730. The summed E-state index contributed by atoms with van der Waals surface area (Å²) in [5, 5.41) is 73.0. The van der Waals surface area contributed by atoms with Crippen molar-refractivity contribution in [1.82, 2.24) is 0 Å². The lowest BCUT2D eigenvalue weighted by atomic mass is 9.84. The summed E-state index contributed by atoms with van der Waals surface area (Å²) in [7, 11) is 0. The number of carbonyl (C=O) groups is 2. The Kier molecular flexibility index (Phi) is 8.77. The summed E-state index contributed by atoms with van der Waals surface area (Å²) >= 11 is 0. The minimum atomic E-state index is -2.74. The smallest absolute Gasteiger partial charge is 0.335 e. The van der Waals surface area contributed by atoms with Crippen LogP contribution in [-0.2, 0) is 16.0 Å². The molecule has 47 heavy (non-hydrogen) atoms. The highest BCUT2D eigenvalue weighted by molar-refractivity contribution is 6.03. The van der Waals surface area contributed by atoms with E-state index < -0.39 is 88.1 Å². The van der Waals surface area contributed by atoms with Crippen LogP contribution in [0.3, 0.4) is 0 Å². The molecule has 0 saturated carbocycles. The van der Waals surface area contributed by atoms with E-state index in [4.69, 9.17) is 25.4 Å². The highest BCUT2D eigenvalue weighted by Gasteiger charge is 2.58. The second-order valence-electron chi connectivity index (χ2n) is 10.7. The molecule has 16 nitrogen and oxygen atoms in total. The number of nitrogens with zero attached hydrogens (tertiary/aromatic N) is 1. The van der Waals surface area contributed by atoms with Crippen LogP contribution in [0.25, 0.3) is 22.3 Å². The van der Waals surface area contributed by atoms with Crippen molar-refractivity contribution >= 4 is 28.7 Å². The molecule has 16 heteroatoms. The van der Waals surface area contributed by atoms with Crippen LogP contribution < -0.4 is 21.6 Å². The number of carboxylic acids is 1. The third-order valence-electron chi connectivity index (χ3n) is 7.56. The zero-order chi connectivity index (χ0) is 34.2. The molecule has 3 aromatic carbocycles. The van der Waals surface area contributed by atoms with Crippen molar-refractivity contribution in [3.05, 3.63) is 82.0 Å². The lowest BCUT2D eigenvalue weighted by molar-refractivity contribution is -0.303. The van der Waals surface area contributed by atoms with E-state index in [-0.39, 0.29) is 29.1 Å². The molecule has 0 bridgehead atoms. The number of phenolic OH excluding ortho intramolecular Hbond substituents is 3. The standard InChI is InChI=1S/C31H29N3O13/c32-30(33)34-12-31(44)26(40)25(28(42)43)47-29(27(31)41)46-21-11-20-22(24(39)23(21)38)18(37)10-19(45-20)15-7-6-14(35)9-16(15)17(36)8-13-4-2-1-3-5-13/h1-7,9-11,25-27,29,35,38-41,44H,8,12H2,(H,42,43)(H4,32,33,34). The number of carboxylic acid groups (broad SMARTS) is 1. The van der Waals surface area contributed by atoms with Crippen molar-refractivity contribution in [2.45, 2.75) is 36.6 Å².